The molecule has 1 aliphatic rings. The van der Waals surface area contributed by atoms with Crippen LogP contribution in [0.5, 0.6) is 5.75 Å². The van der Waals surface area contributed by atoms with Gasteiger partial charge in [-0.15, -0.1) is 0 Å². The zero-order valence-electron chi connectivity index (χ0n) is 9.15. The van der Waals surface area contributed by atoms with Gasteiger partial charge >= 0.3 is 0 Å². The third-order valence-electron chi connectivity index (χ3n) is 2.79. The van der Waals surface area contributed by atoms with Gasteiger partial charge in [0, 0.05) is 25.9 Å². The zero-order valence-corrected chi connectivity index (χ0v) is 9.91. The Morgan fingerprint density at radius 1 is 1.29 bits per heavy atom. The number of carbonyl (C=O) groups excluding carboxylic acids is 2. The van der Waals surface area contributed by atoms with Crippen LogP contribution in [-0.2, 0) is 4.79 Å². The van der Waals surface area contributed by atoms with E-state index in [1.807, 2.05) is 0 Å². The highest BCUT2D eigenvalue weighted by Gasteiger charge is 2.23. The minimum absolute atomic E-state index is 0.00540. The predicted octanol–water partition coefficient (Wildman–Crippen LogP) is 1.85. The topological polar surface area (TPSA) is 57.6 Å². The van der Waals surface area contributed by atoms with Crippen LogP contribution in [0.15, 0.2) is 18.2 Å². The van der Waals surface area contributed by atoms with Crippen LogP contribution < -0.4 is 0 Å². The molecule has 0 bridgehead atoms. The summed E-state index contributed by atoms with van der Waals surface area (Å²) >= 11 is 5.91. The van der Waals surface area contributed by atoms with Gasteiger partial charge in [0.15, 0.2) is 0 Å². The number of halogens is 1. The van der Waals surface area contributed by atoms with Gasteiger partial charge in [-0.3, -0.25) is 9.59 Å². The van der Waals surface area contributed by atoms with E-state index in [1.54, 1.807) is 4.90 Å². The number of benzene rings is 1. The van der Waals surface area contributed by atoms with Crippen LogP contribution in [0.25, 0.3) is 0 Å². The lowest BCUT2D eigenvalue weighted by atomic mass is 10.1. The van der Waals surface area contributed by atoms with E-state index in [0.717, 1.165) is 0 Å². The van der Waals surface area contributed by atoms with E-state index in [4.69, 9.17) is 11.6 Å². The first kappa shape index (κ1) is 11.9. The molecule has 1 fully saturated rings. The molecule has 1 heterocycles. The van der Waals surface area contributed by atoms with Crippen LogP contribution in [0.1, 0.15) is 23.2 Å². The van der Waals surface area contributed by atoms with Crippen molar-refractivity contribution in [2.75, 3.05) is 13.1 Å². The number of aromatic hydroxyl groups is 1. The molecule has 1 N–H and O–H groups in total. The second-order valence-corrected chi connectivity index (χ2v) is 4.40. The highest BCUT2D eigenvalue weighted by atomic mass is 35.5. The Labute approximate surface area is 104 Å². The summed E-state index contributed by atoms with van der Waals surface area (Å²) < 4.78 is 0. The fourth-order valence-electron chi connectivity index (χ4n) is 1.81. The summed E-state index contributed by atoms with van der Waals surface area (Å²) in [5, 5.41) is 9.65. The molecule has 17 heavy (non-hydrogen) atoms. The van der Waals surface area contributed by atoms with Crippen molar-refractivity contribution in [2.45, 2.75) is 12.8 Å². The van der Waals surface area contributed by atoms with E-state index in [0.29, 0.717) is 31.0 Å². The zero-order chi connectivity index (χ0) is 12.4. The predicted molar refractivity (Wildman–Crippen MR) is 63.3 cm³/mol. The number of amides is 1. The Bertz CT molecular complexity index is 463. The maximum Gasteiger partial charge on any atom is 0.255 e. The molecule has 1 saturated heterocycles. The number of ketones is 1. The van der Waals surface area contributed by atoms with Crippen molar-refractivity contribution in [3.05, 3.63) is 28.8 Å². The first-order valence-corrected chi connectivity index (χ1v) is 5.75. The quantitative estimate of drug-likeness (QED) is 0.831. The largest absolute Gasteiger partial charge is 0.508 e. The summed E-state index contributed by atoms with van der Waals surface area (Å²) in [4.78, 5) is 24.8. The lowest BCUT2D eigenvalue weighted by Gasteiger charge is -2.26. The summed E-state index contributed by atoms with van der Waals surface area (Å²) in [6.45, 7) is 0.841. The van der Waals surface area contributed by atoms with Gasteiger partial charge in [0.05, 0.1) is 10.6 Å². The van der Waals surface area contributed by atoms with Crippen LogP contribution in [-0.4, -0.2) is 34.8 Å². The summed E-state index contributed by atoms with van der Waals surface area (Å²) in [5.41, 5.74) is 0.279. The highest BCUT2D eigenvalue weighted by molar-refractivity contribution is 6.33. The van der Waals surface area contributed by atoms with Crippen molar-refractivity contribution in [3.8, 4) is 5.75 Å². The molecule has 1 amide bonds. The maximum absolute atomic E-state index is 12.1. The van der Waals surface area contributed by atoms with Crippen LogP contribution in [0.2, 0.25) is 5.02 Å². The Kier molecular flexibility index (Phi) is 3.33. The molecule has 4 nitrogen and oxygen atoms in total. The van der Waals surface area contributed by atoms with Gasteiger partial charge < -0.3 is 10.0 Å². The molecule has 0 radical (unpaired) electrons. The number of rotatable bonds is 1. The number of phenolic OH excluding ortho intramolecular Hbond substituents is 1. The molecule has 0 unspecified atom stereocenters. The molecular weight excluding hydrogens is 242 g/mol. The SMILES string of the molecule is O=C1CCN(C(=O)c2cc(O)ccc2Cl)CC1. The monoisotopic (exact) mass is 253 g/mol. The average Bonchev–Trinajstić information content (AvgIpc) is 2.32. The molecule has 0 saturated carbocycles. The van der Waals surface area contributed by atoms with Gasteiger partial charge in [0.1, 0.15) is 11.5 Å². The van der Waals surface area contributed by atoms with Crippen molar-refractivity contribution < 1.29 is 14.7 Å². The summed E-state index contributed by atoms with van der Waals surface area (Å²) in [6.07, 6.45) is 0.782. The van der Waals surface area contributed by atoms with E-state index in [1.165, 1.54) is 18.2 Å². The fraction of sp³-hybridized carbons (Fsp3) is 0.333. The number of Topliss-reactive ketones (excluding diaryl/α,β-unsaturated/α-hetero) is 1. The maximum atomic E-state index is 12.1. The van der Waals surface area contributed by atoms with Gasteiger partial charge in [-0.1, -0.05) is 11.6 Å². The first-order chi connectivity index (χ1) is 8.08. The third-order valence-corrected chi connectivity index (χ3v) is 3.12. The Balaban J connectivity index is 2.19. The number of carbonyl (C=O) groups is 2. The van der Waals surface area contributed by atoms with E-state index in [9.17, 15) is 14.7 Å². The van der Waals surface area contributed by atoms with Gasteiger partial charge in [0.2, 0.25) is 0 Å². The molecule has 5 heteroatoms. The third kappa shape index (κ3) is 2.58. The van der Waals surface area contributed by atoms with Crippen LogP contribution in [0.3, 0.4) is 0 Å². The van der Waals surface area contributed by atoms with Gasteiger partial charge in [0.25, 0.3) is 5.91 Å². The lowest BCUT2D eigenvalue weighted by molar-refractivity contribution is -0.120. The van der Waals surface area contributed by atoms with E-state index in [2.05, 4.69) is 0 Å². The number of hydrogen-bond acceptors (Lipinski definition) is 3. The highest BCUT2D eigenvalue weighted by Crippen LogP contribution is 2.23. The van der Waals surface area contributed by atoms with Crippen LogP contribution in [0.4, 0.5) is 0 Å². The number of nitrogens with zero attached hydrogens (tertiary/aromatic N) is 1. The Morgan fingerprint density at radius 3 is 2.59 bits per heavy atom. The molecular formula is C12H12ClNO3. The smallest absolute Gasteiger partial charge is 0.255 e. The van der Waals surface area contributed by atoms with Crippen LogP contribution >= 0.6 is 11.6 Å². The van der Waals surface area contributed by atoms with Crippen molar-refractivity contribution in [1.82, 2.24) is 4.90 Å². The molecule has 2 rings (SSSR count). The van der Waals surface area contributed by atoms with E-state index in [-0.39, 0.29) is 23.0 Å². The van der Waals surface area contributed by atoms with E-state index >= 15 is 0 Å². The standard InChI is InChI=1S/C12H12ClNO3/c13-11-2-1-9(16)7-10(11)12(17)14-5-3-8(15)4-6-14/h1-2,7,16H,3-6H2. The summed E-state index contributed by atoms with van der Waals surface area (Å²) in [7, 11) is 0. The Hall–Kier alpha value is -1.55. The number of hydrogen-bond donors (Lipinski definition) is 1. The minimum Gasteiger partial charge on any atom is -0.508 e. The number of likely N-dealkylation sites (tertiary alicyclic amines) is 1. The van der Waals surface area contributed by atoms with Gasteiger partial charge in [-0.05, 0) is 18.2 Å². The minimum atomic E-state index is -0.238. The van der Waals surface area contributed by atoms with Gasteiger partial charge in [-0.25, -0.2) is 0 Å². The second-order valence-electron chi connectivity index (χ2n) is 4.00. The van der Waals surface area contributed by atoms with Crippen molar-refractivity contribution >= 4 is 23.3 Å². The number of phenols is 1. The summed E-state index contributed by atoms with van der Waals surface area (Å²) in [6, 6.07) is 4.26. The normalized spacial score (nSPS) is 16.1. The molecule has 0 aliphatic carbocycles. The molecule has 0 atom stereocenters. The molecule has 1 aliphatic heterocycles. The summed E-state index contributed by atoms with van der Waals surface area (Å²) in [5.74, 6) is -0.0553. The molecule has 1 aromatic carbocycles. The average molecular weight is 254 g/mol. The number of piperidine rings is 1. The van der Waals surface area contributed by atoms with Crippen molar-refractivity contribution in [2.24, 2.45) is 0 Å². The van der Waals surface area contributed by atoms with Crippen LogP contribution in [0, 0.1) is 0 Å². The van der Waals surface area contributed by atoms with Crippen molar-refractivity contribution in [1.29, 1.82) is 0 Å². The molecule has 90 valence electrons. The second kappa shape index (κ2) is 4.75. The fourth-order valence-corrected chi connectivity index (χ4v) is 2.01. The van der Waals surface area contributed by atoms with E-state index < -0.39 is 0 Å². The lowest BCUT2D eigenvalue weighted by Crippen LogP contribution is -2.38. The first-order valence-electron chi connectivity index (χ1n) is 5.37. The van der Waals surface area contributed by atoms with Crippen molar-refractivity contribution in [3.63, 3.8) is 0 Å². The Morgan fingerprint density at radius 2 is 1.94 bits per heavy atom. The van der Waals surface area contributed by atoms with Gasteiger partial charge in [-0.2, -0.15) is 0 Å². The molecule has 0 spiro atoms. The molecule has 0 aromatic heterocycles. The molecule has 1 aromatic rings.